The van der Waals surface area contributed by atoms with E-state index in [1.165, 1.54) is 0 Å². The summed E-state index contributed by atoms with van der Waals surface area (Å²) in [6.07, 6.45) is 2.09. The molecule has 2 atom stereocenters. The van der Waals surface area contributed by atoms with Crippen molar-refractivity contribution in [1.82, 2.24) is 19.9 Å². The quantitative estimate of drug-likeness (QED) is 0.644. The minimum absolute atomic E-state index is 0.0613. The highest BCUT2D eigenvalue weighted by atomic mass is 16.5. The van der Waals surface area contributed by atoms with Gasteiger partial charge in [0.15, 0.2) is 11.5 Å². The van der Waals surface area contributed by atoms with E-state index in [0.29, 0.717) is 30.3 Å². The molecule has 158 valence electrons. The van der Waals surface area contributed by atoms with Crippen molar-refractivity contribution in [2.24, 2.45) is 5.92 Å². The second-order valence-corrected chi connectivity index (χ2v) is 7.37. The molecule has 1 saturated heterocycles. The lowest BCUT2D eigenvalue weighted by Crippen LogP contribution is -2.26. The lowest BCUT2D eigenvalue weighted by atomic mass is 10.0. The number of carbonyl (C=O) groups is 1. The van der Waals surface area contributed by atoms with Crippen LogP contribution in [0.3, 0.4) is 0 Å². The fraction of sp³-hybridized carbons (Fsp3) is 0.409. The summed E-state index contributed by atoms with van der Waals surface area (Å²) in [7, 11) is 3.21. The summed E-state index contributed by atoms with van der Waals surface area (Å²) in [5.41, 5.74) is 3.26. The zero-order valence-electron chi connectivity index (χ0n) is 17.6. The molecule has 3 aromatic rings. The summed E-state index contributed by atoms with van der Waals surface area (Å²) in [5.74, 6) is 1.97. The largest absolute Gasteiger partial charge is 0.493 e. The van der Waals surface area contributed by atoms with E-state index in [2.05, 4.69) is 17.2 Å². The van der Waals surface area contributed by atoms with Crippen LogP contribution in [-0.4, -0.2) is 47.3 Å². The highest BCUT2D eigenvalue weighted by molar-refractivity contribution is 5.85. The SMILES string of the molecule is CCn1cnc2cc(-c3ccc(OC)c(OC)c3)nc(OC(C)C3CNC(=O)C3)c21. The normalized spacial score (nSPS) is 17.1. The van der Waals surface area contributed by atoms with Crippen LogP contribution in [0, 0.1) is 5.92 Å². The van der Waals surface area contributed by atoms with Gasteiger partial charge in [0.25, 0.3) is 0 Å². The molecule has 3 heterocycles. The molecule has 1 amide bonds. The number of nitrogens with one attached hydrogen (secondary N) is 1. The number of amides is 1. The van der Waals surface area contributed by atoms with Crippen molar-refractivity contribution >= 4 is 16.9 Å². The van der Waals surface area contributed by atoms with Gasteiger partial charge in [-0.25, -0.2) is 9.97 Å². The molecule has 2 unspecified atom stereocenters. The van der Waals surface area contributed by atoms with Crippen molar-refractivity contribution in [2.75, 3.05) is 20.8 Å². The fourth-order valence-electron chi connectivity index (χ4n) is 3.76. The fourth-order valence-corrected chi connectivity index (χ4v) is 3.76. The van der Waals surface area contributed by atoms with Crippen molar-refractivity contribution in [3.63, 3.8) is 0 Å². The number of hydrogen-bond donors (Lipinski definition) is 1. The number of aryl methyl sites for hydroxylation is 1. The predicted molar refractivity (Wildman–Crippen MR) is 113 cm³/mol. The highest BCUT2D eigenvalue weighted by Crippen LogP contribution is 2.35. The van der Waals surface area contributed by atoms with E-state index in [1.54, 1.807) is 20.5 Å². The maximum atomic E-state index is 11.6. The summed E-state index contributed by atoms with van der Waals surface area (Å²) in [5, 5.41) is 2.87. The molecule has 8 heteroatoms. The van der Waals surface area contributed by atoms with Crippen LogP contribution in [0.15, 0.2) is 30.6 Å². The molecule has 0 aliphatic carbocycles. The van der Waals surface area contributed by atoms with Crippen LogP contribution in [0.25, 0.3) is 22.3 Å². The number of carbonyl (C=O) groups excluding carboxylic acids is 1. The van der Waals surface area contributed by atoms with Crippen LogP contribution < -0.4 is 19.5 Å². The van der Waals surface area contributed by atoms with Crippen LogP contribution in [0.2, 0.25) is 0 Å². The van der Waals surface area contributed by atoms with E-state index in [0.717, 1.165) is 28.8 Å². The molecule has 2 aromatic heterocycles. The summed E-state index contributed by atoms with van der Waals surface area (Å²) >= 11 is 0. The maximum absolute atomic E-state index is 11.6. The van der Waals surface area contributed by atoms with Crippen LogP contribution in [-0.2, 0) is 11.3 Å². The summed E-state index contributed by atoms with van der Waals surface area (Å²) < 4.78 is 19.1. The molecule has 1 aliphatic rings. The first-order valence-electron chi connectivity index (χ1n) is 10.1. The molecule has 1 aromatic carbocycles. The number of pyridine rings is 1. The Hall–Kier alpha value is -3.29. The van der Waals surface area contributed by atoms with E-state index in [4.69, 9.17) is 19.2 Å². The minimum atomic E-state index is -0.166. The molecular formula is C22H26N4O4. The number of methoxy groups -OCH3 is 2. The molecule has 1 aliphatic heterocycles. The van der Waals surface area contributed by atoms with E-state index < -0.39 is 0 Å². The third kappa shape index (κ3) is 3.65. The Morgan fingerprint density at radius 3 is 2.70 bits per heavy atom. The molecule has 4 rings (SSSR count). The van der Waals surface area contributed by atoms with Gasteiger partial charge in [-0.1, -0.05) is 0 Å². The van der Waals surface area contributed by atoms with Crippen molar-refractivity contribution in [3.05, 3.63) is 30.6 Å². The van der Waals surface area contributed by atoms with E-state index >= 15 is 0 Å². The van der Waals surface area contributed by atoms with Gasteiger partial charge in [0.1, 0.15) is 11.6 Å². The van der Waals surface area contributed by atoms with Gasteiger partial charge in [-0.05, 0) is 38.1 Å². The predicted octanol–water partition coefficient (Wildman–Crippen LogP) is 3.04. The average molecular weight is 410 g/mol. The second-order valence-electron chi connectivity index (χ2n) is 7.37. The van der Waals surface area contributed by atoms with Gasteiger partial charge in [-0.2, -0.15) is 0 Å². The standard InChI is InChI=1S/C22H26N4O4/c1-5-26-12-24-17-10-16(14-6-7-18(28-3)19(8-14)29-4)25-22(21(17)26)30-13(2)15-9-20(27)23-11-15/h6-8,10,12-13,15H,5,9,11H2,1-4H3,(H,23,27). The van der Waals surface area contributed by atoms with Crippen molar-refractivity contribution in [2.45, 2.75) is 32.9 Å². The third-order valence-electron chi connectivity index (χ3n) is 5.55. The van der Waals surface area contributed by atoms with Gasteiger partial charge in [0, 0.05) is 31.0 Å². The lowest BCUT2D eigenvalue weighted by Gasteiger charge is -2.20. The molecule has 1 fully saturated rings. The Kier molecular flexibility index (Phi) is 5.48. The van der Waals surface area contributed by atoms with Crippen molar-refractivity contribution in [1.29, 1.82) is 0 Å². The average Bonchev–Trinajstić information content (AvgIpc) is 3.39. The summed E-state index contributed by atoms with van der Waals surface area (Å²) in [4.78, 5) is 21.0. The smallest absolute Gasteiger partial charge is 0.241 e. The summed E-state index contributed by atoms with van der Waals surface area (Å²) in [6.45, 7) is 5.40. The highest BCUT2D eigenvalue weighted by Gasteiger charge is 2.29. The van der Waals surface area contributed by atoms with E-state index in [9.17, 15) is 4.79 Å². The van der Waals surface area contributed by atoms with E-state index in [-0.39, 0.29) is 17.9 Å². The van der Waals surface area contributed by atoms with Gasteiger partial charge < -0.3 is 24.1 Å². The van der Waals surface area contributed by atoms with E-state index in [1.807, 2.05) is 35.8 Å². The molecule has 0 bridgehead atoms. The number of benzene rings is 1. The Bertz CT molecular complexity index is 1080. The molecule has 1 N–H and O–H groups in total. The monoisotopic (exact) mass is 410 g/mol. The minimum Gasteiger partial charge on any atom is -0.493 e. The Morgan fingerprint density at radius 1 is 1.23 bits per heavy atom. The second kappa shape index (κ2) is 8.22. The van der Waals surface area contributed by atoms with Crippen LogP contribution in [0.5, 0.6) is 17.4 Å². The number of nitrogens with zero attached hydrogens (tertiary/aromatic N) is 3. The van der Waals surface area contributed by atoms with Gasteiger partial charge >= 0.3 is 0 Å². The molecule has 0 saturated carbocycles. The Balaban J connectivity index is 1.76. The van der Waals surface area contributed by atoms with Crippen molar-refractivity contribution in [3.8, 4) is 28.6 Å². The van der Waals surface area contributed by atoms with Gasteiger partial charge in [-0.3, -0.25) is 4.79 Å². The zero-order chi connectivity index (χ0) is 21.3. The number of rotatable bonds is 7. The first-order chi connectivity index (χ1) is 14.5. The molecule has 8 nitrogen and oxygen atoms in total. The number of aromatic nitrogens is 3. The van der Waals surface area contributed by atoms with Crippen LogP contribution >= 0.6 is 0 Å². The number of fused-ring (bicyclic) bond motifs is 1. The van der Waals surface area contributed by atoms with Gasteiger partial charge in [-0.15, -0.1) is 0 Å². The van der Waals surface area contributed by atoms with Gasteiger partial charge in [0.05, 0.1) is 31.8 Å². The maximum Gasteiger partial charge on any atom is 0.241 e. The molecule has 0 radical (unpaired) electrons. The molecule has 0 spiro atoms. The summed E-state index contributed by atoms with van der Waals surface area (Å²) in [6, 6.07) is 7.61. The number of ether oxygens (including phenoxy) is 3. The third-order valence-corrected chi connectivity index (χ3v) is 5.55. The van der Waals surface area contributed by atoms with Crippen LogP contribution in [0.4, 0.5) is 0 Å². The first kappa shape index (κ1) is 20.0. The number of imidazole rings is 1. The van der Waals surface area contributed by atoms with Crippen molar-refractivity contribution < 1.29 is 19.0 Å². The zero-order valence-corrected chi connectivity index (χ0v) is 17.6. The Labute approximate surface area is 175 Å². The lowest BCUT2D eigenvalue weighted by molar-refractivity contribution is -0.119. The number of hydrogen-bond acceptors (Lipinski definition) is 6. The van der Waals surface area contributed by atoms with Gasteiger partial charge in [0.2, 0.25) is 11.8 Å². The molecule has 30 heavy (non-hydrogen) atoms. The Morgan fingerprint density at radius 2 is 2.03 bits per heavy atom. The van der Waals surface area contributed by atoms with Crippen LogP contribution in [0.1, 0.15) is 20.3 Å². The topological polar surface area (TPSA) is 87.5 Å². The molecular weight excluding hydrogens is 384 g/mol. The first-order valence-corrected chi connectivity index (χ1v) is 10.1.